The van der Waals surface area contributed by atoms with Gasteiger partial charge in [-0.2, -0.15) is 0 Å². The summed E-state index contributed by atoms with van der Waals surface area (Å²) in [4.78, 5) is 24.8. The lowest BCUT2D eigenvalue weighted by Gasteiger charge is -2.22. The van der Waals surface area contributed by atoms with Crippen molar-refractivity contribution in [2.45, 2.75) is 33.3 Å². The van der Waals surface area contributed by atoms with Crippen molar-refractivity contribution in [2.24, 2.45) is 0 Å². The molecule has 1 aromatic rings. The van der Waals surface area contributed by atoms with Crippen LogP contribution in [0.4, 0.5) is 0 Å². The zero-order chi connectivity index (χ0) is 16.0. The van der Waals surface area contributed by atoms with E-state index in [9.17, 15) is 9.59 Å². The first-order chi connectivity index (χ1) is 9.85. The van der Waals surface area contributed by atoms with E-state index in [1.54, 1.807) is 18.2 Å². The van der Waals surface area contributed by atoms with Crippen LogP contribution in [0.15, 0.2) is 22.7 Å². The van der Waals surface area contributed by atoms with Crippen molar-refractivity contribution in [3.8, 4) is 5.75 Å². The van der Waals surface area contributed by atoms with Crippen molar-refractivity contribution < 1.29 is 19.4 Å². The molecular formula is C15H20BrNO4. The summed E-state index contributed by atoms with van der Waals surface area (Å²) in [7, 11) is 0. The quantitative estimate of drug-likeness (QED) is 0.813. The molecule has 0 fully saturated rings. The Morgan fingerprint density at radius 1 is 1.38 bits per heavy atom. The Labute approximate surface area is 133 Å². The molecule has 0 aliphatic rings. The number of carbonyl (C=O) groups excluding carboxylic acids is 1. The molecule has 1 aromatic carbocycles. The first kappa shape index (κ1) is 17.5. The maximum absolute atomic E-state index is 12.6. The number of carboxylic acid groups (broad SMARTS) is 1. The standard InChI is InChI=1S/C15H20BrNO4/c1-4-7-17(9-14(18)19)15(20)12-6-5-11(16)8-13(12)21-10(2)3/h5-6,8,10H,4,7,9H2,1-3H3,(H,18,19). The molecule has 0 atom stereocenters. The third-order valence-corrected chi connectivity index (χ3v) is 3.14. The number of carboxylic acids is 1. The molecule has 0 saturated heterocycles. The van der Waals surface area contributed by atoms with Gasteiger partial charge in [-0.1, -0.05) is 22.9 Å². The van der Waals surface area contributed by atoms with Gasteiger partial charge in [0.05, 0.1) is 11.7 Å². The fourth-order valence-corrected chi connectivity index (χ4v) is 2.22. The SMILES string of the molecule is CCCN(CC(=O)O)C(=O)c1ccc(Br)cc1OC(C)C. The van der Waals surface area contributed by atoms with Crippen LogP contribution >= 0.6 is 15.9 Å². The largest absolute Gasteiger partial charge is 0.490 e. The highest BCUT2D eigenvalue weighted by atomic mass is 79.9. The van der Waals surface area contributed by atoms with Gasteiger partial charge in [0.15, 0.2) is 0 Å². The van der Waals surface area contributed by atoms with Crippen LogP contribution in [0.1, 0.15) is 37.6 Å². The molecule has 21 heavy (non-hydrogen) atoms. The Hall–Kier alpha value is -1.56. The first-order valence-electron chi connectivity index (χ1n) is 6.82. The van der Waals surface area contributed by atoms with Gasteiger partial charge in [0.1, 0.15) is 12.3 Å². The molecule has 0 radical (unpaired) electrons. The number of amides is 1. The first-order valence-corrected chi connectivity index (χ1v) is 7.61. The van der Waals surface area contributed by atoms with E-state index in [1.807, 2.05) is 20.8 Å². The Bertz CT molecular complexity index is 516. The van der Waals surface area contributed by atoms with Gasteiger partial charge in [0.25, 0.3) is 5.91 Å². The third-order valence-electron chi connectivity index (χ3n) is 2.64. The molecule has 1 N–H and O–H groups in total. The van der Waals surface area contributed by atoms with E-state index in [0.29, 0.717) is 24.3 Å². The molecule has 0 heterocycles. The summed E-state index contributed by atoms with van der Waals surface area (Å²) in [5.41, 5.74) is 0.376. The molecule has 0 spiro atoms. The highest BCUT2D eigenvalue weighted by Gasteiger charge is 2.21. The van der Waals surface area contributed by atoms with Crippen LogP contribution in [-0.4, -0.2) is 41.1 Å². The zero-order valence-electron chi connectivity index (χ0n) is 12.4. The van der Waals surface area contributed by atoms with Gasteiger partial charge in [0, 0.05) is 11.0 Å². The third kappa shape index (κ3) is 5.38. The van der Waals surface area contributed by atoms with Crippen LogP contribution < -0.4 is 4.74 Å². The van der Waals surface area contributed by atoms with E-state index in [-0.39, 0.29) is 18.6 Å². The summed E-state index contributed by atoms with van der Waals surface area (Å²) in [5, 5.41) is 8.93. The van der Waals surface area contributed by atoms with E-state index in [1.165, 1.54) is 4.90 Å². The average molecular weight is 358 g/mol. The number of carbonyl (C=O) groups is 2. The van der Waals surface area contributed by atoms with E-state index < -0.39 is 5.97 Å². The smallest absolute Gasteiger partial charge is 0.323 e. The van der Waals surface area contributed by atoms with Crippen LogP contribution in [0, 0.1) is 0 Å². The molecule has 1 amide bonds. The molecule has 6 heteroatoms. The normalized spacial score (nSPS) is 10.5. The van der Waals surface area contributed by atoms with E-state index in [0.717, 1.165) is 4.47 Å². The molecule has 0 aliphatic heterocycles. The van der Waals surface area contributed by atoms with Gasteiger partial charge in [-0.25, -0.2) is 0 Å². The van der Waals surface area contributed by atoms with Gasteiger partial charge in [-0.3, -0.25) is 9.59 Å². The second kappa shape index (κ2) is 8.02. The Morgan fingerprint density at radius 2 is 2.05 bits per heavy atom. The summed E-state index contributed by atoms with van der Waals surface area (Å²) in [6.45, 7) is 5.72. The van der Waals surface area contributed by atoms with Crippen LogP contribution in [0.2, 0.25) is 0 Å². The second-order valence-electron chi connectivity index (χ2n) is 4.93. The Morgan fingerprint density at radius 3 is 2.57 bits per heavy atom. The van der Waals surface area contributed by atoms with E-state index in [4.69, 9.17) is 9.84 Å². The van der Waals surface area contributed by atoms with Gasteiger partial charge in [-0.15, -0.1) is 0 Å². The molecule has 0 aromatic heterocycles. The van der Waals surface area contributed by atoms with Crippen LogP contribution in [0.5, 0.6) is 5.75 Å². The van der Waals surface area contributed by atoms with Gasteiger partial charge in [-0.05, 0) is 38.5 Å². The molecule has 116 valence electrons. The van der Waals surface area contributed by atoms with E-state index in [2.05, 4.69) is 15.9 Å². The zero-order valence-corrected chi connectivity index (χ0v) is 14.0. The molecule has 5 nitrogen and oxygen atoms in total. The van der Waals surface area contributed by atoms with Crippen LogP contribution in [0.25, 0.3) is 0 Å². The molecule has 1 rings (SSSR count). The molecule has 0 bridgehead atoms. The number of aliphatic carboxylic acids is 1. The number of rotatable bonds is 7. The number of hydrogen-bond acceptors (Lipinski definition) is 3. The lowest BCUT2D eigenvalue weighted by atomic mass is 10.1. The molecular weight excluding hydrogens is 338 g/mol. The topological polar surface area (TPSA) is 66.8 Å². The summed E-state index contributed by atoms with van der Waals surface area (Å²) in [6, 6.07) is 5.11. The summed E-state index contributed by atoms with van der Waals surface area (Å²) in [5.74, 6) is -0.904. The lowest BCUT2D eigenvalue weighted by molar-refractivity contribution is -0.137. The second-order valence-corrected chi connectivity index (χ2v) is 5.84. The maximum Gasteiger partial charge on any atom is 0.323 e. The molecule has 0 saturated carbocycles. The summed E-state index contributed by atoms with van der Waals surface area (Å²) < 4.78 is 6.46. The Kier molecular flexibility index (Phi) is 6.68. The lowest BCUT2D eigenvalue weighted by Crippen LogP contribution is -2.36. The van der Waals surface area contributed by atoms with Crippen molar-refractivity contribution >= 4 is 27.8 Å². The number of ether oxygens (including phenoxy) is 1. The minimum atomic E-state index is -1.03. The Balaban J connectivity index is 3.10. The van der Waals surface area contributed by atoms with Gasteiger partial charge in [0.2, 0.25) is 0 Å². The minimum Gasteiger partial charge on any atom is -0.490 e. The summed E-state index contributed by atoms with van der Waals surface area (Å²) >= 11 is 3.34. The fraction of sp³-hybridized carbons (Fsp3) is 0.467. The van der Waals surface area contributed by atoms with Crippen molar-refractivity contribution in [3.63, 3.8) is 0 Å². The maximum atomic E-state index is 12.6. The molecule has 0 aliphatic carbocycles. The number of hydrogen-bond donors (Lipinski definition) is 1. The van der Waals surface area contributed by atoms with Crippen molar-refractivity contribution in [1.82, 2.24) is 4.90 Å². The molecule has 0 unspecified atom stereocenters. The van der Waals surface area contributed by atoms with Crippen LogP contribution in [-0.2, 0) is 4.79 Å². The highest BCUT2D eigenvalue weighted by Crippen LogP contribution is 2.26. The monoisotopic (exact) mass is 357 g/mol. The van der Waals surface area contributed by atoms with E-state index >= 15 is 0 Å². The van der Waals surface area contributed by atoms with Crippen molar-refractivity contribution in [2.75, 3.05) is 13.1 Å². The predicted molar refractivity (Wildman–Crippen MR) is 83.7 cm³/mol. The number of halogens is 1. The number of benzene rings is 1. The number of nitrogens with zero attached hydrogens (tertiary/aromatic N) is 1. The fourth-order valence-electron chi connectivity index (χ4n) is 1.88. The van der Waals surface area contributed by atoms with Crippen LogP contribution in [0.3, 0.4) is 0 Å². The average Bonchev–Trinajstić information content (AvgIpc) is 2.36. The van der Waals surface area contributed by atoms with Crippen molar-refractivity contribution in [3.05, 3.63) is 28.2 Å². The predicted octanol–water partition coefficient (Wildman–Crippen LogP) is 3.17. The summed E-state index contributed by atoms with van der Waals surface area (Å²) in [6.07, 6.45) is 0.612. The minimum absolute atomic E-state index is 0.0788. The van der Waals surface area contributed by atoms with Gasteiger partial charge >= 0.3 is 5.97 Å². The van der Waals surface area contributed by atoms with Gasteiger partial charge < -0.3 is 14.7 Å². The highest BCUT2D eigenvalue weighted by molar-refractivity contribution is 9.10. The van der Waals surface area contributed by atoms with Crippen molar-refractivity contribution in [1.29, 1.82) is 0 Å².